The Morgan fingerprint density at radius 1 is 1.42 bits per heavy atom. The van der Waals surface area contributed by atoms with Crippen molar-refractivity contribution in [2.45, 2.75) is 6.54 Å². The van der Waals surface area contributed by atoms with Gasteiger partial charge < -0.3 is 11.1 Å². The highest BCUT2D eigenvalue weighted by molar-refractivity contribution is 14.0. The Hall–Kier alpha value is -1.57. The highest BCUT2D eigenvalue weighted by atomic mass is 127. The third kappa shape index (κ3) is 4.23. The van der Waals surface area contributed by atoms with Crippen LogP contribution in [0.5, 0.6) is 0 Å². The first-order valence-corrected chi connectivity index (χ1v) is 5.73. The van der Waals surface area contributed by atoms with Crippen molar-refractivity contribution in [2.75, 3.05) is 7.05 Å². The van der Waals surface area contributed by atoms with Crippen molar-refractivity contribution in [1.29, 1.82) is 0 Å². The molecule has 6 heteroatoms. The van der Waals surface area contributed by atoms with Crippen molar-refractivity contribution in [1.82, 2.24) is 15.1 Å². The predicted molar refractivity (Wildman–Crippen MR) is 88.4 cm³/mol. The van der Waals surface area contributed by atoms with Gasteiger partial charge in [0.1, 0.15) is 0 Å². The molecule has 0 saturated carbocycles. The van der Waals surface area contributed by atoms with Crippen LogP contribution in [0.2, 0.25) is 0 Å². The first kappa shape index (κ1) is 15.5. The van der Waals surface area contributed by atoms with E-state index in [-0.39, 0.29) is 24.0 Å². The summed E-state index contributed by atoms with van der Waals surface area (Å²) in [6.45, 7) is 0.664. The second kappa shape index (κ2) is 7.13. The summed E-state index contributed by atoms with van der Waals surface area (Å²) < 4.78 is 1.79. The topological polar surface area (TPSA) is 68.2 Å². The molecule has 5 nitrogen and oxygen atoms in total. The first-order valence-electron chi connectivity index (χ1n) is 5.73. The highest BCUT2D eigenvalue weighted by Gasteiger charge is 2.01. The Labute approximate surface area is 129 Å². The van der Waals surface area contributed by atoms with E-state index >= 15 is 0 Å². The number of aromatic nitrogens is 2. The zero-order valence-corrected chi connectivity index (χ0v) is 13.3. The molecule has 19 heavy (non-hydrogen) atoms. The lowest BCUT2D eigenvalue weighted by molar-refractivity contribution is 0.768. The van der Waals surface area contributed by atoms with E-state index in [1.54, 1.807) is 11.7 Å². The van der Waals surface area contributed by atoms with E-state index in [0.717, 1.165) is 16.7 Å². The van der Waals surface area contributed by atoms with Crippen molar-refractivity contribution in [3.8, 4) is 11.1 Å². The van der Waals surface area contributed by atoms with Gasteiger partial charge in [0.25, 0.3) is 0 Å². The number of hydrogen-bond acceptors (Lipinski definition) is 2. The Kier molecular flexibility index (Phi) is 5.81. The molecule has 0 amide bonds. The number of hydrogen-bond donors (Lipinski definition) is 2. The van der Waals surface area contributed by atoms with Crippen molar-refractivity contribution in [2.24, 2.45) is 17.8 Å². The number of benzene rings is 1. The SMILES string of the molecule is CN=C(N)NCc1cccc(-c2cnn(C)c2)c1.I. The van der Waals surface area contributed by atoms with E-state index in [4.69, 9.17) is 5.73 Å². The average Bonchev–Trinajstić information content (AvgIpc) is 2.83. The lowest BCUT2D eigenvalue weighted by Gasteiger charge is -2.06. The fourth-order valence-electron chi connectivity index (χ4n) is 1.70. The van der Waals surface area contributed by atoms with E-state index in [0.29, 0.717) is 12.5 Å². The zero-order chi connectivity index (χ0) is 13.0. The molecule has 2 aromatic rings. The monoisotopic (exact) mass is 371 g/mol. The molecule has 0 aliphatic carbocycles. The fraction of sp³-hybridized carbons (Fsp3) is 0.231. The van der Waals surface area contributed by atoms with E-state index in [1.165, 1.54) is 0 Å². The van der Waals surface area contributed by atoms with Crippen LogP contribution in [0.15, 0.2) is 41.7 Å². The van der Waals surface area contributed by atoms with Crippen molar-refractivity contribution in [3.63, 3.8) is 0 Å². The van der Waals surface area contributed by atoms with Gasteiger partial charge in [0, 0.05) is 32.4 Å². The van der Waals surface area contributed by atoms with Crippen LogP contribution in [-0.4, -0.2) is 22.8 Å². The summed E-state index contributed by atoms with van der Waals surface area (Å²) in [6.07, 6.45) is 3.85. The van der Waals surface area contributed by atoms with Gasteiger partial charge in [-0.1, -0.05) is 18.2 Å². The summed E-state index contributed by atoms with van der Waals surface area (Å²) in [5.41, 5.74) is 9.01. The standard InChI is InChI=1S/C13H17N5.HI/c1-15-13(14)16-7-10-4-3-5-11(6-10)12-8-17-18(2)9-12;/h3-6,8-9H,7H2,1-2H3,(H3,14,15,16);1H. The van der Waals surface area contributed by atoms with Gasteiger partial charge in [-0.25, -0.2) is 0 Å². The number of aliphatic imine (C=N–C) groups is 1. The lowest BCUT2D eigenvalue weighted by atomic mass is 10.1. The number of nitrogens with zero attached hydrogens (tertiary/aromatic N) is 3. The molecule has 0 unspecified atom stereocenters. The first-order chi connectivity index (χ1) is 8.69. The smallest absolute Gasteiger partial charge is 0.188 e. The Balaban J connectivity index is 0.00000180. The van der Waals surface area contributed by atoms with E-state index in [9.17, 15) is 0 Å². The number of nitrogens with two attached hydrogens (primary N) is 1. The number of halogens is 1. The van der Waals surface area contributed by atoms with E-state index in [2.05, 4.69) is 33.6 Å². The van der Waals surface area contributed by atoms with Gasteiger partial charge in [-0.05, 0) is 17.2 Å². The van der Waals surface area contributed by atoms with Crippen LogP contribution >= 0.6 is 24.0 Å². The summed E-state index contributed by atoms with van der Waals surface area (Å²) in [4.78, 5) is 3.86. The maximum Gasteiger partial charge on any atom is 0.188 e. The van der Waals surface area contributed by atoms with Crippen LogP contribution in [-0.2, 0) is 13.6 Å². The van der Waals surface area contributed by atoms with Crippen molar-refractivity contribution >= 4 is 29.9 Å². The molecule has 0 saturated heterocycles. The van der Waals surface area contributed by atoms with E-state index in [1.807, 2.05) is 25.5 Å². The molecule has 1 aromatic heterocycles. The zero-order valence-electron chi connectivity index (χ0n) is 11.0. The van der Waals surface area contributed by atoms with Gasteiger partial charge in [-0.2, -0.15) is 5.10 Å². The third-order valence-electron chi connectivity index (χ3n) is 2.68. The molecule has 2 rings (SSSR count). The maximum absolute atomic E-state index is 5.60. The Morgan fingerprint density at radius 3 is 2.84 bits per heavy atom. The van der Waals surface area contributed by atoms with Gasteiger partial charge in [0.05, 0.1) is 6.20 Å². The molecule has 0 spiro atoms. The molecule has 0 fully saturated rings. The molecular weight excluding hydrogens is 353 g/mol. The maximum atomic E-state index is 5.60. The van der Waals surface area contributed by atoms with Gasteiger partial charge in [0.15, 0.2) is 5.96 Å². The largest absolute Gasteiger partial charge is 0.370 e. The lowest BCUT2D eigenvalue weighted by Crippen LogP contribution is -2.30. The molecule has 3 N–H and O–H groups in total. The molecule has 102 valence electrons. The number of nitrogens with one attached hydrogen (secondary N) is 1. The highest BCUT2D eigenvalue weighted by Crippen LogP contribution is 2.19. The minimum atomic E-state index is 0. The van der Waals surface area contributed by atoms with Gasteiger partial charge in [0.2, 0.25) is 0 Å². The van der Waals surface area contributed by atoms with Crippen LogP contribution in [0.1, 0.15) is 5.56 Å². The van der Waals surface area contributed by atoms with Crippen LogP contribution in [0, 0.1) is 0 Å². The fourth-order valence-corrected chi connectivity index (χ4v) is 1.70. The van der Waals surface area contributed by atoms with E-state index < -0.39 is 0 Å². The number of aryl methyl sites for hydroxylation is 1. The van der Waals surface area contributed by atoms with Crippen LogP contribution < -0.4 is 11.1 Å². The molecular formula is C13H18IN5. The number of rotatable bonds is 3. The van der Waals surface area contributed by atoms with Crippen molar-refractivity contribution < 1.29 is 0 Å². The van der Waals surface area contributed by atoms with Crippen LogP contribution in [0.25, 0.3) is 11.1 Å². The summed E-state index contributed by atoms with van der Waals surface area (Å²) in [5, 5.41) is 7.21. The van der Waals surface area contributed by atoms with Crippen LogP contribution in [0.3, 0.4) is 0 Å². The van der Waals surface area contributed by atoms with Gasteiger partial charge in [-0.15, -0.1) is 24.0 Å². The van der Waals surface area contributed by atoms with Crippen LogP contribution in [0.4, 0.5) is 0 Å². The quantitative estimate of drug-likeness (QED) is 0.491. The Morgan fingerprint density at radius 2 is 2.21 bits per heavy atom. The average molecular weight is 371 g/mol. The summed E-state index contributed by atoms with van der Waals surface area (Å²) in [6, 6.07) is 8.26. The second-order valence-electron chi connectivity index (χ2n) is 4.07. The summed E-state index contributed by atoms with van der Waals surface area (Å²) in [5.74, 6) is 0.446. The summed E-state index contributed by atoms with van der Waals surface area (Å²) in [7, 11) is 3.57. The number of guanidine groups is 1. The second-order valence-corrected chi connectivity index (χ2v) is 4.07. The molecule has 0 radical (unpaired) electrons. The minimum absolute atomic E-state index is 0. The van der Waals surface area contributed by atoms with Gasteiger partial charge in [-0.3, -0.25) is 9.67 Å². The molecule has 0 aliphatic heterocycles. The normalized spacial score (nSPS) is 10.9. The third-order valence-corrected chi connectivity index (χ3v) is 2.68. The van der Waals surface area contributed by atoms with Crippen molar-refractivity contribution in [3.05, 3.63) is 42.2 Å². The molecule has 0 bridgehead atoms. The molecule has 0 aliphatic rings. The van der Waals surface area contributed by atoms with Gasteiger partial charge >= 0.3 is 0 Å². The molecule has 1 aromatic carbocycles. The molecule has 1 heterocycles. The Bertz CT molecular complexity index is 562. The predicted octanol–water partition coefficient (Wildman–Crippen LogP) is 1.74. The molecule has 0 atom stereocenters. The minimum Gasteiger partial charge on any atom is -0.370 e. The summed E-state index contributed by atoms with van der Waals surface area (Å²) >= 11 is 0.